The summed E-state index contributed by atoms with van der Waals surface area (Å²) in [6, 6.07) is 1.43. The molecule has 2 rings (SSSR count). The van der Waals surface area contributed by atoms with E-state index in [-0.39, 0.29) is 24.4 Å². The molecule has 3 atom stereocenters. The molecule has 14 heteroatoms. The van der Waals surface area contributed by atoms with Crippen LogP contribution in [0.1, 0.15) is 40.3 Å². The van der Waals surface area contributed by atoms with Gasteiger partial charge < -0.3 is 10.2 Å². The van der Waals surface area contributed by atoms with Crippen molar-refractivity contribution in [2.45, 2.75) is 30.7 Å². The first-order chi connectivity index (χ1) is 14.1. The van der Waals surface area contributed by atoms with Crippen LogP contribution in [0.2, 0.25) is 0 Å². The van der Waals surface area contributed by atoms with Crippen LogP contribution in [0.4, 0.5) is 39.5 Å². The summed E-state index contributed by atoms with van der Waals surface area (Å²) >= 11 is 0. The molecule has 3 unspecified atom stereocenters. The molecule has 1 heterocycles. The first kappa shape index (κ1) is 24.4. The average molecular weight is 459 g/mol. The van der Waals surface area contributed by atoms with Gasteiger partial charge in [-0.3, -0.25) is 4.98 Å². The Bertz CT molecular complexity index is 931. The largest absolute Gasteiger partial charge is 0.434 e. The molecule has 0 saturated heterocycles. The van der Waals surface area contributed by atoms with Gasteiger partial charge in [-0.05, 0) is 23.8 Å². The zero-order valence-corrected chi connectivity index (χ0v) is 14.8. The number of alkyl halides is 9. The van der Waals surface area contributed by atoms with Gasteiger partial charge in [0.15, 0.2) is 5.69 Å². The van der Waals surface area contributed by atoms with Gasteiger partial charge in [-0.1, -0.05) is 0 Å². The first-order valence-corrected chi connectivity index (χ1v) is 8.00. The van der Waals surface area contributed by atoms with E-state index >= 15 is 0 Å². The molecular weight excluding hydrogens is 449 g/mol. The van der Waals surface area contributed by atoms with Crippen LogP contribution in [0.5, 0.6) is 0 Å². The summed E-state index contributed by atoms with van der Waals surface area (Å²) in [5.41, 5.74) is -6.65. The summed E-state index contributed by atoms with van der Waals surface area (Å²) in [7, 11) is 0. The topological polar surface area (TPSA) is 90.0 Å². The number of hydrogen-bond donors (Lipinski definition) is 2. The van der Waals surface area contributed by atoms with Crippen LogP contribution in [0, 0.1) is 17.2 Å². The maximum absolute atomic E-state index is 13.0. The number of halogens is 9. The van der Waals surface area contributed by atoms with Crippen LogP contribution in [0.3, 0.4) is 0 Å². The highest BCUT2D eigenvalue weighted by atomic mass is 19.4. The highest BCUT2D eigenvalue weighted by Crippen LogP contribution is 2.40. The van der Waals surface area contributed by atoms with Crippen molar-refractivity contribution < 1.29 is 49.7 Å². The lowest BCUT2D eigenvalue weighted by Crippen LogP contribution is -2.22. The SMILES string of the molecule is N#CC(C(O)c1cc(C(F)(F)F)cc(C(F)(F)F)c1)C(O)c1cnc(C(F)(F)F)cn1. The zero-order chi connectivity index (χ0) is 23.8. The third-order valence-corrected chi connectivity index (χ3v) is 4.05. The van der Waals surface area contributed by atoms with Crippen molar-refractivity contribution in [2.75, 3.05) is 0 Å². The van der Waals surface area contributed by atoms with Crippen molar-refractivity contribution in [3.8, 4) is 6.07 Å². The standard InChI is InChI=1S/C17H10F9N3O2/c18-15(19,20)8-1-7(2-9(3-8)16(21,22)23)13(30)10(4-27)14(31)11-5-29-12(6-28-11)17(24,25)26/h1-3,5-6,10,13-14,30-31H. The van der Waals surface area contributed by atoms with E-state index in [1.807, 2.05) is 0 Å². The molecule has 1 aromatic carbocycles. The Morgan fingerprint density at radius 1 is 0.742 bits per heavy atom. The average Bonchev–Trinajstić information content (AvgIpc) is 2.66. The Labute approximate surface area is 167 Å². The lowest BCUT2D eigenvalue weighted by atomic mass is 9.89. The van der Waals surface area contributed by atoms with Crippen LogP contribution in [0.25, 0.3) is 0 Å². The molecule has 0 amide bonds. The van der Waals surface area contributed by atoms with Gasteiger partial charge in [-0.2, -0.15) is 44.8 Å². The van der Waals surface area contributed by atoms with Crippen molar-refractivity contribution >= 4 is 0 Å². The van der Waals surface area contributed by atoms with Gasteiger partial charge in [-0.15, -0.1) is 0 Å². The quantitative estimate of drug-likeness (QED) is 0.660. The number of aliphatic hydroxyl groups excluding tert-OH is 2. The Balaban J connectivity index is 2.45. The van der Waals surface area contributed by atoms with E-state index < -0.39 is 64.7 Å². The van der Waals surface area contributed by atoms with E-state index in [2.05, 4.69) is 9.97 Å². The van der Waals surface area contributed by atoms with Crippen LogP contribution >= 0.6 is 0 Å². The minimum Gasteiger partial charge on any atom is -0.387 e. The van der Waals surface area contributed by atoms with E-state index in [1.165, 1.54) is 6.07 Å². The van der Waals surface area contributed by atoms with Gasteiger partial charge in [-0.25, -0.2) is 4.98 Å². The maximum atomic E-state index is 13.0. The molecule has 2 aromatic rings. The number of benzene rings is 1. The number of aromatic nitrogens is 2. The monoisotopic (exact) mass is 459 g/mol. The maximum Gasteiger partial charge on any atom is 0.434 e. The van der Waals surface area contributed by atoms with E-state index in [0.717, 1.165) is 0 Å². The van der Waals surface area contributed by atoms with Crippen molar-refractivity contribution in [3.05, 3.63) is 58.7 Å². The molecule has 0 aliphatic carbocycles. The normalized spacial score (nSPS) is 15.8. The van der Waals surface area contributed by atoms with Crippen LogP contribution in [-0.2, 0) is 18.5 Å². The molecule has 0 radical (unpaired) electrons. The van der Waals surface area contributed by atoms with Crippen molar-refractivity contribution in [1.29, 1.82) is 5.26 Å². The fourth-order valence-electron chi connectivity index (χ4n) is 2.49. The molecule has 0 aliphatic heterocycles. The van der Waals surface area contributed by atoms with E-state index in [1.54, 1.807) is 0 Å². The third-order valence-electron chi connectivity index (χ3n) is 4.05. The summed E-state index contributed by atoms with van der Waals surface area (Å²) < 4.78 is 115. The second-order valence-electron chi connectivity index (χ2n) is 6.21. The van der Waals surface area contributed by atoms with Gasteiger partial charge in [0, 0.05) is 0 Å². The fourth-order valence-corrected chi connectivity index (χ4v) is 2.49. The Kier molecular flexibility index (Phi) is 6.53. The van der Waals surface area contributed by atoms with Gasteiger partial charge >= 0.3 is 18.5 Å². The van der Waals surface area contributed by atoms with Gasteiger partial charge in [0.25, 0.3) is 0 Å². The molecule has 168 valence electrons. The summed E-state index contributed by atoms with van der Waals surface area (Å²) in [5.74, 6) is -2.09. The summed E-state index contributed by atoms with van der Waals surface area (Å²) in [6.45, 7) is 0. The number of nitrogens with zero attached hydrogens (tertiary/aromatic N) is 3. The molecule has 0 fully saturated rings. The zero-order valence-electron chi connectivity index (χ0n) is 14.8. The summed E-state index contributed by atoms with van der Waals surface area (Å²) in [6.07, 6.45) is -19.3. The number of rotatable bonds is 4. The van der Waals surface area contributed by atoms with E-state index in [4.69, 9.17) is 0 Å². The highest BCUT2D eigenvalue weighted by Gasteiger charge is 2.39. The van der Waals surface area contributed by atoms with Gasteiger partial charge in [0.05, 0.1) is 41.4 Å². The Morgan fingerprint density at radius 3 is 1.61 bits per heavy atom. The number of nitriles is 1. The van der Waals surface area contributed by atoms with Crippen LogP contribution in [-0.4, -0.2) is 20.2 Å². The lowest BCUT2D eigenvalue weighted by Gasteiger charge is -2.23. The minimum atomic E-state index is -5.23. The molecular formula is C17H10F9N3O2. The Morgan fingerprint density at radius 2 is 1.26 bits per heavy atom. The molecule has 0 bridgehead atoms. The summed E-state index contributed by atoms with van der Waals surface area (Å²) in [5, 5.41) is 29.6. The second-order valence-corrected chi connectivity index (χ2v) is 6.21. The van der Waals surface area contributed by atoms with E-state index in [9.17, 15) is 55.0 Å². The molecule has 0 saturated carbocycles. The molecule has 1 aromatic heterocycles. The summed E-state index contributed by atoms with van der Waals surface area (Å²) in [4.78, 5) is 6.23. The third kappa shape index (κ3) is 5.61. The predicted octanol–water partition coefficient (Wildman–Crippen LogP) is 4.44. The number of aliphatic hydroxyl groups is 2. The van der Waals surface area contributed by atoms with Gasteiger partial charge in [0.2, 0.25) is 0 Å². The molecule has 5 nitrogen and oxygen atoms in total. The van der Waals surface area contributed by atoms with Crippen LogP contribution < -0.4 is 0 Å². The fraction of sp³-hybridized carbons (Fsp3) is 0.353. The lowest BCUT2D eigenvalue weighted by molar-refractivity contribution is -0.143. The Hall–Kier alpha value is -2.92. The molecule has 2 N–H and O–H groups in total. The molecule has 31 heavy (non-hydrogen) atoms. The smallest absolute Gasteiger partial charge is 0.387 e. The van der Waals surface area contributed by atoms with Crippen LogP contribution in [0.15, 0.2) is 30.6 Å². The van der Waals surface area contributed by atoms with Crippen molar-refractivity contribution in [2.24, 2.45) is 5.92 Å². The van der Waals surface area contributed by atoms with Crippen molar-refractivity contribution in [1.82, 2.24) is 9.97 Å². The highest BCUT2D eigenvalue weighted by molar-refractivity contribution is 5.36. The predicted molar refractivity (Wildman–Crippen MR) is 82.5 cm³/mol. The van der Waals surface area contributed by atoms with Crippen molar-refractivity contribution in [3.63, 3.8) is 0 Å². The molecule has 0 aliphatic rings. The second kappa shape index (κ2) is 8.31. The van der Waals surface area contributed by atoms with Gasteiger partial charge in [0.1, 0.15) is 12.0 Å². The minimum absolute atomic E-state index is 0.162. The number of hydrogen-bond acceptors (Lipinski definition) is 5. The van der Waals surface area contributed by atoms with E-state index in [0.29, 0.717) is 6.20 Å². The molecule has 0 spiro atoms. The first-order valence-electron chi connectivity index (χ1n) is 8.00.